The molecule has 2 aromatic carbocycles. The number of thiocarbonyl (C=S) groups is 1. The van der Waals surface area contributed by atoms with Crippen molar-refractivity contribution in [3.63, 3.8) is 0 Å². The second kappa shape index (κ2) is 6.84. The molecule has 0 amide bonds. The molecule has 0 saturated heterocycles. The number of nitrogens with one attached hydrogen (secondary N) is 2. The van der Waals surface area contributed by atoms with Crippen molar-refractivity contribution in [2.75, 3.05) is 11.9 Å². The summed E-state index contributed by atoms with van der Waals surface area (Å²) in [6.07, 6.45) is 2.44. The van der Waals surface area contributed by atoms with Gasteiger partial charge >= 0.3 is 0 Å². The van der Waals surface area contributed by atoms with Crippen LogP contribution in [0.1, 0.15) is 23.0 Å². The van der Waals surface area contributed by atoms with Crippen LogP contribution in [0.15, 0.2) is 54.9 Å². The number of benzene rings is 2. The standard InChI is InChI=1S/C19H16F2N4S/c20-13-3-1-12(2-4-13)18-17-16(22-11-23-17)9-10-25(18)19(26)24-15-7-5-14(21)6-8-15/h1-8,11,18H,9-10H2,(H,22,23)(H,24,26)/t18-/m1/s1. The zero-order valence-corrected chi connectivity index (χ0v) is 14.6. The van der Waals surface area contributed by atoms with Crippen molar-refractivity contribution < 1.29 is 8.78 Å². The molecule has 1 aromatic heterocycles. The quantitative estimate of drug-likeness (QED) is 0.669. The fourth-order valence-corrected chi connectivity index (χ4v) is 3.52. The molecule has 0 fully saturated rings. The predicted molar refractivity (Wildman–Crippen MR) is 99.9 cm³/mol. The monoisotopic (exact) mass is 370 g/mol. The summed E-state index contributed by atoms with van der Waals surface area (Å²) in [7, 11) is 0. The number of fused-ring (bicyclic) bond motifs is 1. The first-order valence-corrected chi connectivity index (χ1v) is 8.63. The zero-order valence-electron chi connectivity index (χ0n) is 13.7. The number of hydrogen-bond donors (Lipinski definition) is 2. The molecule has 0 aliphatic carbocycles. The molecule has 0 radical (unpaired) electrons. The van der Waals surface area contributed by atoms with Crippen LogP contribution in [0, 0.1) is 11.6 Å². The highest BCUT2D eigenvalue weighted by Crippen LogP contribution is 2.33. The maximum absolute atomic E-state index is 13.4. The van der Waals surface area contributed by atoms with Crippen molar-refractivity contribution in [3.8, 4) is 0 Å². The molecule has 0 unspecified atom stereocenters. The molecule has 2 N–H and O–H groups in total. The molecule has 0 bridgehead atoms. The third-order valence-electron chi connectivity index (χ3n) is 4.47. The first-order chi connectivity index (χ1) is 12.6. The van der Waals surface area contributed by atoms with Gasteiger partial charge in [0, 0.05) is 24.3 Å². The van der Waals surface area contributed by atoms with Crippen LogP contribution < -0.4 is 5.32 Å². The van der Waals surface area contributed by atoms with Crippen molar-refractivity contribution in [3.05, 3.63) is 83.4 Å². The fourth-order valence-electron chi connectivity index (χ4n) is 3.21. The van der Waals surface area contributed by atoms with Crippen LogP contribution in [-0.4, -0.2) is 26.5 Å². The second-order valence-electron chi connectivity index (χ2n) is 6.10. The lowest BCUT2D eigenvalue weighted by Gasteiger charge is -2.37. The Balaban J connectivity index is 1.66. The zero-order chi connectivity index (χ0) is 18.1. The highest BCUT2D eigenvalue weighted by Gasteiger charge is 2.32. The van der Waals surface area contributed by atoms with E-state index < -0.39 is 0 Å². The van der Waals surface area contributed by atoms with E-state index in [1.807, 2.05) is 4.90 Å². The molecule has 2 heterocycles. The minimum Gasteiger partial charge on any atom is -0.348 e. The van der Waals surface area contributed by atoms with E-state index in [4.69, 9.17) is 12.2 Å². The van der Waals surface area contributed by atoms with E-state index in [-0.39, 0.29) is 17.7 Å². The Labute approximate surface area is 154 Å². The van der Waals surface area contributed by atoms with Gasteiger partial charge in [0.05, 0.1) is 12.0 Å². The van der Waals surface area contributed by atoms with Gasteiger partial charge in [-0.25, -0.2) is 13.8 Å². The first kappa shape index (κ1) is 16.7. The molecule has 132 valence electrons. The van der Waals surface area contributed by atoms with Crippen molar-refractivity contribution in [2.45, 2.75) is 12.5 Å². The van der Waals surface area contributed by atoms with Crippen LogP contribution in [0.4, 0.5) is 14.5 Å². The minimum atomic E-state index is -0.301. The van der Waals surface area contributed by atoms with Gasteiger partial charge in [0.2, 0.25) is 0 Å². The molecule has 1 aliphatic rings. The molecule has 1 aliphatic heterocycles. The van der Waals surface area contributed by atoms with Gasteiger partial charge in [0.15, 0.2) is 5.11 Å². The van der Waals surface area contributed by atoms with Gasteiger partial charge in [-0.15, -0.1) is 0 Å². The summed E-state index contributed by atoms with van der Waals surface area (Å²) in [5.74, 6) is -0.588. The number of aromatic amines is 1. The Morgan fingerprint density at radius 2 is 1.73 bits per heavy atom. The van der Waals surface area contributed by atoms with Crippen molar-refractivity contribution in [1.29, 1.82) is 0 Å². The summed E-state index contributed by atoms with van der Waals surface area (Å²) in [5.41, 5.74) is 3.55. The average molecular weight is 370 g/mol. The van der Waals surface area contributed by atoms with Crippen molar-refractivity contribution in [1.82, 2.24) is 14.9 Å². The van der Waals surface area contributed by atoms with Gasteiger partial charge in [0.25, 0.3) is 0 Å². The smallest absolute Gasteiger partial charge is 0.174 e. The molecule has 7 heteroatoms. The lowest BCUT2D eigenvalue weighted by Crippen LogP contribution is -2.43. The van der Waals surface area contributed by atoms with Gasteiger partial charge in [-0.05, 0) is 54.2 Å². The maximum atomic E-state index is 13.4. The molecule has 3 aromatic rings. The predicted octanol–water partition coefficient (Wildman–Crippen LogP) is 4.03. The molecular formula is C19H16F2N4S. The Morgan fingerprint density at radius 3 is 2.42 bits per heavy atom. The summed E-state index contributed by atoms with van der Waals surface area (Å²) in [4.78, 5) is 9.65. The Kier molecular flexibility index (Phi) is 4.38. The van der Waals surface area contributed by atoms with E-state index >= 15 is 0 Å². The molecule has 4 rings (SSSR count). The molecule has 26 heavy (non-hydrogen) atoms. The van der Waals surface area contributed by atoms with Crippen LogP contribution in [0.25, 0.3) is 0 Å². The number of aromatic nitrogens is 2. The third-order valence-corrected chi connectivity index (χ3v) is 4.80. The van der Waals surface area contributed by atoms with Gasteiger partial charge in [0.1, 0.15) is 17.7 Å². The minimum absolute atomic E-state index is 0.217. The maximum Gasteiger partial charge on any atom is 0.174 e. The largest absolute Gasteiger partial charge is 0.348 e. The average Bonchev–Trinajstić information content (AvgIpc) is 3.12. The van der Waals surface area contributed by atoms with Crippen LogP contribution in [0.2, 0.25) is 0 Å². The summed E-state index contributed by atoms with van der Waals surface area (Å²) in [5, 5.41) is 3.67. The Morgan fingerprint density at radius 1 is 1.08 bits per heavy atom. The van der Waals surface area contributed by atoms with Crippen LogP contribution in [0.3, 0.4) is 0 Å². The Bertz CT molecular complexity index is 921. The lowest BCUT2D eigenvalue weighted by molar-refractivity contribution is 0.336. The van der Waals surface area contributed by atoms with Crippen LogP contribution in [-0.2, 0) is 6.42 Å². The van der Waals surface area contributed by atoms with E-state index in [0.29, 0.717) is 17.3 Å². The summed E-state index contributed by atoms with van der Waals surface area (Å²) < 4.78 is 26.5. The molecule has 0 saturated carbocycles. The number of halogens is 2. The molecule has 1 atom stereocenters. The van der Waals surface area contributed by atoms with Crippen LogP contribution >= 0.6 is 12.2 Å². The van der Waals surface area contributed by atoms with E-state index in [9.17, 15) is 8.78 Å². The number of rotatable bonds is 2. The van der Waals surface area contributed by atoms with E-state index in [1.54, 1.807) is 30.6 Å². The number of nitrogens with zero attached hydrogens (tertiary/aromatic N) is 2. The normalized spacial score (nSPS) is 16.2. The van der Waals surface area contributed by atoms with Gasteiger partial charge < -0.3 is 15.2 Å². The number of hydrogen-bond acceptors (Lipinski definition) is 2. The first-order valence-electron chi connectivity index (χ1n) is 8.22. The lowest BCUT2D eigenvalue weighted by atomic mass is 9.96. The highest BCUT2D eigenvalue weighted by molar-refractivity contribution is 7.80. The topological polar surface area (TPSA) is 44.0 Å². The van der Waals surface area contributed by atoms with Gasteiger partial charge in [-0.2, -0.15) is 0 Å². The number of anilines is 1. The number of imidazole rings is 1. The molecule has 4 nitrogen and oxygen atoms in total. The summed E-state index contributed by atoms with van der Waals surface area (Å²) in [6.45, 7) is 0.685. The van der Waals surface area contributed by atoms with Crippen LogP contribution in [0.5, 0.6) is 0 Å². The van der Waals surface area contributed by atoms with Gasteiger partial charge in [-0.3, -0.25) is 0 Å². The molecular weight excluding hydrogens is 354 g/mol. The highest BCUT2D eigenvalue weighted by atomic mass is 32.1. The summed E-state index contributed by atoms with van der Waals surface area (Å²) >= 11 is 5.60. The van der Waals surface area contributed by atoms with E-state index in [1.165, 1.54) is 24.3 Å². The van der Waals surface area contributed by atoms with Crippen molar-refractivity contribution >= 4 is 23.0 Å². The second-order valence-corrected chi connectivity index (χ2v) is 6.49. The van der Waals surface area contributed by atoms with Crippen molar-refractivity contribution in [2.24, 2.45) is 0 Å². The summed E-state index contributed by atoms with van der Waals surface area (Å²) in [6, 6.07) is 12.2. The molecule has 0 spiro atoms. The Hall–Kier alpha value is -2.80. The third kappa shape index (κ3) is 3.17. The van der Waals surface area contributed by atoms with Gasteiger partial charge in [-0.1, -0.05) is 12.1 Å². The SMILES string of the molecule is Fc1ccc(NC(=S)N2CCc3[nH]cnc3[C@H]2c2ccc(F)cc2)cc1. The fraction of sp³-hybridized carbons (Fsp3) is 0.158. The van der Waals surface area contributed by atoms with E-state index in [2.05, 4.69) is 15.3 Å². The van der Waals surface area contributed by atoms with E-state index in [0.717, 1.165) is 23.4 Å². The number of H-pyrrole nitrogens is 1.